The van der Waals surface area contributed by atoms with Crippen molar-refractivity contribution in [3.63, 3.8) is 0 Å². The van der Waals surface area contributed by atoms with Crippen molar-refractivity contribution in [3.05, 3.63) is 63.2 Å². The summed E-state index contributed by atoms with van der Waals surface area (Å²) in [5.74, 6) is 0.351. The van der Waals surface area contributed by atoms with Crippen LogP contribution in [0.15, 0.2) is 40.8 Å². The first-order valence-corrected chi connectivity index (χ1v) is 8.49. The first kappa shape index (κ1) is 15.5. The Labute approximate surface area is 149 Å². The summed E-state index contributed by atoms with van der Waals surface area (Å²) in [5.41, 5.74) is 0.966. The fourth-order valence-electron chi connectivity index (χ4n) is 2.26. The summed E-state index contributed by atoms with van der Waals surface area (Å²) in [7, 11) is 0. The zero-order chi connectivity index (χ0) is 16.7. The van der Waals surface area contributed by atoms with Gasteiger partial charge in [-0.25, -0.2) is 9.37 Å². The Kier molecular flexibility index (Phi) is 3.96. The summed E-state index contributed by atoms with van der Waals surface area (Å²) in [6.45, 7) is 0. The highest BCUT2D eigenvalue weighted by Gasteiger charge is 2.15. The minimum atomic E-state index is -0.339. The first-order chi connectivity index (χ1) is 11.6. The fourth-order valence-corrected chi connectivity index (χ4v) is 3.72. The lowest BCUT2D eigenvalue weighted by Gasteiger charge is -1.98. The monoisotopic (exact) mass is 379 g/mol. The number of fused-ring (bicyclic) bond motifs is 1. The number of aromatic nitrogens is 3. The Morgan fingerprint density at radius 3 is 2.79 bits per heavy atom. The van der Waals surface area contributed by atoms with Crippen LogP contribution in [0.2, 0.25) is 10.0 Å². The van der Waals surface area contributed by atoms with Gasteiger partial charge in [-0.3, -0.25) is 0 Å². The third-order valence-electron chi connectivity index (χ3n) is 3.34. The predicted molar refractivity (Wildman–Crippen MR) is 92.1 cm³/mol. The van der Waals surface area contributed by atoms with Crippen LogP contribution in [0.3, 0.4) is 0 Å². The molecule has 4 aromatic rings. The van der Waals surface area contributed by atoms with Crippen molar-refractivity contribution in [1.29, 1.82) is 0 Å². The average Bonchev–Trinajstić information content (AvgIpc) is 3.15. The van der Waals surface area contributed by atoms with Gasteiger partial charge in [0.2, 0.25) is 11.8 Å². The Balaban J connectivity index is 1.63. The molecule has 0 aliphatic carbocycles. The van der Waals surface area contributed by atoms with E-state index in [1.165, 1.54) is 17.4 Å². The summed E-state index contributed by atoms with van der Waals surface area (Å²) in [6.07, 6.45) is 0.330. The van der Waals surface area contributed by atoms with E-state index < -0.39 is 0 Å². The Bertz CT molecular complexity index is 1050. The van der Waals surface area contributed by atoms with Crippen LogP contribution in [-0.4, -0.2) is 15.2 Å². The molecule has 0 N–H and O–H groups in total. The van der Waals surface area contributed by atoms with E-state index in [4.69, 9.17) is 27.6 Å². The summed E-state index contributed by atoms with van der Waals surface area (Å²) in [4.78, 5) is 4.29. The van der Waals surface area contributed by atoms with Gasteiger partial charge >= 0.3 is 0 Å². The van der Waals surface area contributed by atoms with Crippen LogP contribution in [0.1, 0.15) is 10.9 Å². The highest BCUT2D eigenvalue weighted by molar-refractivity contribution is 7.18. The lowest BCUT2D eigenvalue weighted by Crippen LogP contribution is -1.87. The molecule has 2 aromatic carbocycles. The number of hydrogen-bond donors (Lipinski definition) is 0. The summed E-state index contributed by atoms with van der Waals surface area (Å²) in [6, 6.07) is 9.90. The van der Waals surface area contributed by atoms with Crippen molar-refractivity contribution in [2.45, 2.75) is 6.42 Å². The normalized spacial score (nSPS) is 11.3. The second-order valence-electron chi connectivity index (χ2n) is 5.00. The van der Waals surface area contributed by atoms with Crippen molar-refractivity contribution in [2.75, 3.05) is 0 Å². The van der Waals surface area contributed by atoms with Crippen molar-refractivity contribution in [2.24, 2.45) is 0 Å². The second kappa shape index (κ2) is 6.12. The highest BCUT2D eigenvalue weighted by Crippen LogP contribution is 2.30. The zero-order valence-corrected chi connectivity index (χ0v) is 14.3. The van der Waals surface area contributed by atoms with Gasteiger partial charge in [0.1, 0.15) is 16.3 Å². The van der Waals surface area contributed by atoms with E-state index in [1.807, 2.05) is 6.07 Å². The number of benzene rings is 2. The van der Waals surface area contributed by atoms with E-state index in [1.54, 1.807) is 24.3 Å². The molecule has 2 aromatic heterocycles. The number of hydrogen-bond acceptors (Lipinski definition) is 5. The summed E-state index contributed by atoms with van der Waals surface area (Å²) < 4.78 is 20.1. The lowest BCUT2D eigenvalue weighted by molar-refractivity contribution is 0.518. The molecule has 24 heavy (non-hydrogen) atoms. The van der Waals surface area contributed by atoms with Crippen molar-refractivity contribution >= 4 is 44.8 Å². The van der Waals surface area contributed by atoms with Crippen molar-refractivity contribution in [3.8, 4) is 11.5 Å². The van der Waals surface area contributed by atoms with Gasteiger partial charge in [-0.05, 0) is 30.3 Å². The molecule has 0 radical (unpaired) electrons. The molecule has 0 aliphatic heterocycles. The number of para-hydroxylation sites is 1. The van der Waals surface area contributed by atoms with E-state index >= 15 is 0 Å². The predicted octanol–water partition coefficient (Wildman–Crippen LogP) is 5.38. The maximum atomic E-state index is 13.7. The van der Waals surface area contributed by atoms with E-state index in [9.17, 15) is 4.39 Å². The van der Waals surface area contributed by atoms with Crippen LogP contribution in [0.25, 0.3) is 21.7 Å². The molecule has 0 spiro atoms. The van der Waals surface area contributed by atoms with Gasteiger partial charge < -0.3 is 4.42 Å². The molecule has 0 unspecified atom stereocenters. The highest BCUT2D eigenvalue weighted by atomic mass is 35.5. The van der Waals surface area contributed by atoms with Gasteiger partial charge in [-0.2, -0.15) is 0 Å². The number of thiazole rings is 1. The molecule has 0 saturated carbocycles. The van der Waals surface area contributed by atoms with Crippen LogP contribution >= 0.6 is 34.5 Å². The van der Waals surface area contributed by atoms with Crippen LogP contribution in [0, 0.1) is 5.82 Å². The molecule has 0 saturated heterocycles. The molecule has 0 bridgehead atoms. The Hall–Kier alpha value is -2.02. The van der Waals surface area contributed by atoms with Gasteiger partial charge in [-0.1, -0.05) is 29.3 Å². The topological polar surface area (TPSA) is 51.8 Å². The molecule has 4 rings (SSSR count). The Morgan fingerprint density at radius 2 is 2.00 bits per heavy atom. The molecular weight excluding hydrogens is 372 g/mol. The van der Waals surface area contributed by atoms with Gasteiger partial charge in [-0.15, -0.1) is 21.5 Å². The quantitative estimate of drug-likeness (QED) is 0.479. The lowest BCUT2D eigenvalue weighted by atomic mass is 10.2. The first-order valence-electron chi connectivity index (χ1n) is 6.92. The van der Waals surface area contributed by atoms with Crippen LogP contribution < -0.4 is 0 Å². The minimum Gasteiger partial charge on any atom is -0.420 e. The summed E-state index contributed by atoms with van der Waals surface area (Å²) >= 11 is 13.4. The number of nitrogens with zero attached hydrogens (tertiary/aromatic N) is 3. The van der Waals surface area contributed by atoms with Crippen LogP contribution in [0.5, 0.6) is 0 Å². The zero-order valence-electron chi connectivity index (χ0n) is 12.0. The Morgan fingerprint density at radius 1 is 1.12 bits per heavy atom. The molecule has 2 heterocycles. The van der Waals surface area contributed by atoms with Crippen molar-refractivity contribution in [1.82, 2.24) is 15.2 Å². The standard InChI is InChI=1S/C16H8Cl2FN3OS/c17-8-4-5-9(10(18)6-8)16-22-21-13(23-16)7-14-20-15-11(19)2-1-3-12(15)24-14/h1-6H,7H2. The van der Waals surface area contributed by atoms with Gasteiger partial charge in [0, 0.05) is 5.02 Å². The van der Waals surface area contributed by atoms with Crippen LogP contribution in [-0.2, 0) is 6.42 Å². The van der Waals surface area contributed by atoms with Crippen LogP contribution in [0.4, 0.5) is 4.39 Å². The van der Waals surface area contributed by atoms with E-state index in [0.29, 0.717) is 44.3 Å². The maximum Gasteiger partial charge on any atom is 0.249 e. The molecule has 120 valence electrons. The smallest absolute Gasteiger partial charge is 0.249 e. The molecule has 0 aliphatic rings. The van der Waals surface area contributed by atoms with E-state index in [0.717, 1.165) is 4.70 Å². The average molecular weight is 380 g/mol. The number of rotatable bonds is 3. The van der Waals surface area contributed by atoms with Gasteiger partial charge in [0.05, 0.1) is 21.7 Å². The third-order valence-corrected chi connectivity index (χ3v) is 4.91. The van der Waals surface area contributed by atoms with Gasteiger partial charge in [0.15, 0.2) is 0 Å². The van der Waals surface area contributed by atoms with Crippen molar-refractivity contribution < 1.29 is 8.81 Å². The van der Waals surface area contributed by atoms with E-state index in [2.05, 4.69) is 15.2 Å². The maximum absolute atomic E-state index is 13.7. The van der Waals surface area contributed by atoms with Gasteiger partial charge in [0.25, 0.3) is 0 Å². The molecule has 0 fully saturated rings. The van der Waals surface area contributed by atoms with E-state index in [-0.39, 0.29) is 5.82 Å². The molecule has 0 atom stereocenters. The molecule has 8 heteroatoms. The molecular formula is C16H8Cl2FN3OS. The third kappa shape index (κ3) is 2.88. The second-order valence-corrected chi connectivity index (χ2v) is 6.95. The molecule has 0 amide bonds. The number of halogens is 3. The SMILES string of the molecule is Fc1cccc2sc(Cc3nnc(-c4ccc(Cl)cc4Cl)o3)nc12. The molecule has 4 nitrogen and oxygen atoms in total. The fraction of sp³-hybridized carbons (Fsp3) is 0.0625. The largest absolute Gasteiger partial charge is 0.420 e. The summed E-state index contributed by atoms with van der Waals surface area (Å²) in [5, 5.41) is 9.67. The minimum absolute atomic E-state index is 0.305.